The van der Waals surface area contributed by atoms with Crippen molar-refractivity contribution >= 4 is 52.2 Å². The van der Waals surface area contributed by atoms with Gasteiger partial charge in [-0.25, -0.2) is 9.69 Å². The largest absolute Gasteiger partial charge is 0.489 e. The van der Waals surface area contributed by atoms with Crippen LogP contribution in [0.1, 0.15) is 22.3 Å². The Morgan fingerprint density at radius 1 is 0.909 bits per heavy atom. The van der Waals surface area contributed by atoms with E-state index in [0.717, 1.165) is 25.2 Å². The van der Waals surface area contributed by atoms with Crippen molar-refractivity contribution in [3.05, 3.63) is 98.1 Å². The summed E-state index contributed by atoms with van der Waals surface area (Å²) in [5.74, 6) is -0.711. The molecule has 1 heterocycles. The Morgan fingerprint density at radius 2 is 1.61 bits per heavy atom. The number of urea groups is 1. The highest BCUT2D eigenvalue weighted by atomic mass is 127. The van der Waals surface area contributed by atoms with E-state index < -0.39 is 17.8 Å². The Labute approximate surface area is 205 Å². The molecule has 1 saturated heterocycles. The molecule has 0 aliphatic carbocycles. The predicted molar refractivity (Wildman–Crippen MR) is 135 cm³/mol. The average Bonchev–Trinajstić information content (AvgIpc) is 2.79. The number of rotatable bonds is 5. The standard InChI is InChI=1S/C26H21IN2O4/c1-16-3-10-21(13-17(16)2)29-25(31)23(24(30)28-26(29)32)14-18-6-11-22(12-7-18)33-15-19-4-8-20(27)9-5-19/h3-14H,15H2,1-2H3,(H,28,30,32)/b23-14+. The minimum atomic E-state index is -0.759. The minimum absolute atomic E-state index is 0.111. The van der Waals surface area contributed by atoms with Crippen molar-refractivity contribution in [2.75, 3.05) is 4.90 Å². The highest BCUT2D eigenvalue weighted by Gasteiger charge is 2.36. The maximum atomic E-state index is 13.0. The van der Waals surface area contributed by atoms with Crippen LogP contribution >= 0.6 is 22.6 Å². The summed E-state index contributed by atoms with van der Waals surface area (Å²) in [7, 11) is 0. The van der Waals surface area contributed by atoms with Gasteiger partial charge in [0.05, 0.1) is 5.69 Å². The lowest BCUT2D eigenvalue weighted by molar-refractivity contribution is -0.122. The Morgan fingerprint density at radius 3 is 2.27 bits per heavy atom. The number of nitrogens with one attached hydrogen (secondary N) is 1. The second-order valence-corrected chi connectivity index (χ2v) is 8.96. The van der Waals surface area contributed by atoms with Crippen LogP contribution in [0, 0.1) is 17.4 Å². The molecule has 0 atom stereocenters. The fourth-order valence-electron chi connectivity index (χ4n) is 3.33. The molecular weight excluding hydrogens is 531 g/mol. The topological polar surface area (TPSA) is 75.7 Å². The summed E-state index contributed by atoms with van der Waals surface area (Å²) in [6.45, 7) is 4.28. The molecule has 4 amide bonds. The van der Waals surface area contributed by atoms with Gasteiger partial charge in [-0.2, -0.15) is 0 Å². The van der Waals surface area contributed by atoms with Crippen LogP contribution in [0.5, 0.6) is 5.75 Å². The molecule has 3 aromatic rings. The van der Waals surface area contributed by atoms with Crippen molar-refractivity contribution in [1.82, 2.24) is 5.32 Å². The first-order valence-electron chi connectivity index (χ1n) is 10.3. The highest BCUT2D eigenvalue weighted by molar-refractivity contribution is 14.1. The van der Waals surface area contributed by atoms with Gasteiger partial charge < -0.3 is 4.74 Å². The number of aryl methyl sites for hydroxylation is 2. The van der Waals surface area contributed by atoms with Crippen LogP contribution in [-0.2, 0) is 16.2 Å². The number of hydrogen-bond donors (Lipinski definition) is 1. The lowest BCUT2D eigenvalue weighted by Crippen LogP contribution is -2.54. The monoisotopic (exact) mass is 552 g/mol. The van der Waals surface area contributed by atoms with Crippen molar-refractivity contribution < 1.29 is 19.1 Å². The number of halogens is 1. The molecule has 1 aliphatic heterocycles. The smallest absolute Gasteiger partial charge is 0.335 e. The molecular formula is C26H21IN2O4. The Balaban J connectivity index is 1.52. The molecule has 0 aromatic heterocycles. The van der Waals surface area contributed by atoms with E-state index in [1.54, 1.807) is 36.4 Å². The van der Waals surface area contributed by atoms with E-state index in [2.05, 4.69) is 27.9 Å². The number of carbonyl (C=O) groups excluding carboxylic acids is 3. The van der Waals surface area contributed by atoms with E-state index in [0.29, 0.717) is 23.6 Å². The lowest BCUT2D eigenvalue weighted by atomic mass is 10.1. The van der Waals surface area contributed by atoms with Crippen molar-refractivity contribution in [2.45, 2.75) is 20.5 Å². The van der Waals surface area contributed by atoms with E-state index in [4.69, 9.17) is 4.74 Å². The molecule has 33 heavy (non-hydrogen) atoms. The highest BCUT2D eigenvalue weighted by Crippen LogP contribution is 2.25. The number of barbiturate groups is 1. The third kappa shape index (κ3) is 5.14. The zero-order chi connectivity index (χ0) is 23.5. The van der Waals surface area contributed by atoms with Gasteiger partial charge in [0.2, 0.25) is 0 Å². The van der Waals surface area contributed by atoms with Gasteiger partial charge in [0, 0.05) is 3.57 Å². The first kappa shape index (κ1) is 22.7. The molecule has 4 rings (SSSR count). The summed E-state index contributed by atoms with van der Waals surface area (Å²) in [4.78, 5) is 38.8. The molecule has 1 N–H and O–H groups in total. The van der Waals surface area contributed by atoms with Crippen molar-refractivity contribution in [2.24, 2.45) is 0 Å². The summed E-state index contributed by atoms with van der Waals surface area (Å²) in [5, 5.41) is 2.25. The predicted octanol–water partition coefficient (Wildman–Crippen LogP) is 5.15. The number of hydrogen-bond acceptors (Lipinski definition) is 4. The van der Waals surface area contributed by atoms with Crippen LogP contribution in [0.15, 0.2) is 72.3 Å². The first-order chi connectivity index (χ1) is 15.8. The number of benzene rings is 3. The Bertz CT molecular complexity index is 1260. The van der Waals surface area contributed by atoms with Gasteiger partial charge >= 0.3 is 6.03 Å². The number of carbonyl (C=O) groups is 3. The maximum absolute atomic E-state index is 13.0. The van der Waals surface area contributed by atoms with E-state index in [-0.39, 0.29) is 5.57 Å². The quantitative estimate of drug-likeness (QED) is 0.270. The fraction of sp³-hybridized carbons (Fsp3) is 0.115. The zero-order valence-electron chi connectivity index (χ0n) is 18.1. The SMILES string of the molecule is Cc1ccc(N2C(=O)NC(=O)/C(=C\c3ccc(OCc4ccc(I)cc4)cc3)C2=O)cc1C. The van der Waals surface area contributed by atoms with E-state index in [9.17, 15) is 14.4 Å². The molecule has 166 valence electrons. The second-order valence-electron chi connectivity index (χ2n) is 7.71. The lowest BCUT2D eigenvalue weighted by Gasteiger charge is -2.26. The average molecular weight is 552 g/mol. The molecule has 3 aromatic carbocycles. The number of ether oxygens (including phenoxy) is 1. The molecule has 1 aliphatic rings. The minimum Gasteiger partial charge on any atom is -0.489 e. The van der Waals surface area contributed by atoms with E-state index in [1.165, 1.54) is 6.08 Å². The number of imide groups is 2. The van der Waals surface area contributed by atoms with Gasteiger partial charge in [-0.1, -0.05) is 30.3 Å². The molecule has 0 unspecified atom stereocenters. The van der Waals surface area contributed by atoms with Gasteiger partial charge in [-0.3, -0.25) is 14.9 Å². The molecule has 1 fully saturated rings. The van der Waals surface area contributed by atoms with Crippen LogP contribution in [0.25, 0.3) is 6.08 Å². The molecule has 0 bridgehead atoms. The van der Waals surface area contributed by atoms with Gasteiger partial charge in [0.1, 0.15) is 17.9 Å². The van der Waals surface area contributed by atoms with Crippen LogP contribution in [0.3, 0.4) is 0 Å². The first-order valence-corrected chi connectivity index (χ1v) is 11.4. The summed E-state index contributed by atoms with van der Waals surface area (Å²) in [6.07, 6.45) is 1.47. The normalized spacial score (nSPS) is 15.1. The van der Waals surface area contributed by atoms with Crippen LogP contribution < -0.4 is 15.0 Å². The zero-order valence-corrected chi connectivity index (χ0v) is 20.3. The third-order valence-electron chi connectivity index (χ3n) is 5.36. The summed E-state index contributed by atoms with van der Waals surface area (Å²) >= 11 is 2.25. The molecule has 7 heteroatoms. The summed E-state index contributed by atoms with van der Waals surface area (Å²) < 4.78 is 6.97. The van der Waals surface area contributed by atoms with Crippen molar-refractivity contribution in [1.29, 1.82) is 0 Å². The third-order valence-corrected chi connectivity index (χ3v) is 6.08. The van der Waals surface area contributed by atoms with Crippen LogP contribution in [0.2, 0.25) is 0 Å². The van der Waals surface area contributed by atoms with Crippen LogP contribution in [-0.4, -0.2) is 17.8 Å². The van der Waals surface area contributed by atoms with Gasteiger partial charge in [0.15, 0.2) is 0 Å². The number of amides is 4. The number of nitrogens with zero attached hydrogens (tertiary/aromatic N) is 1. The summed E-state index contributed by atoms with van der Waals surface area (Å²) in [5.41, 5.74) is 3.99. The second kappa shape index (κ2) is 9.58. The Kier molecular flexibility index (Phi) is 6.60. The van der Waals surface area contributed by atoms with Crippen LogP contribution in [0.4, 0.5) is 10.5 Å². The van der Waals surface area contributed by atoms with Gasteiger partial charge in [-0.15, -0.1) is 0 Å². The molecule has 6 nitrogen and oxygen atoms in total. The van der Waals surface area contributed by atoms with E-state index >= 15 is 0 Å². The molecule has 0 saturated carbocycles. The number of anilines is 1. The fourth-order valence-corrected chi connectivity index (χ4v) is 3.69. The van der Waals surface area contributed by atoms with Gasteiger partial charge in [-0.05, 0) is 101 Å². The maximum Gasteiger partial charge on any atom is 0.335 e. The van der Waals surface area contributed by atoms with E-state index in [1.807, 2.05) is 44.2 Å². The molecule has 0 radical (unpaired) electrons. The van der Waals surface area contributed by atoms with Crippen molar-refractivity contribution in [3.63, 3.8) is 0 Å². The van der Waals surface area contributed by atoms with Gasteiger partial charge in [0.25, 0.3) is 11.8 Å². The molecule has 0 spiro atoms. The Hall–Kier alpha value is -3.46. The van der Waals surface area contributed by atoms with Crippen molar-refractivity contribution in [3.8, 4) is 5.75 Å². The summed E-state index contributed by atoms with van der Waals surface area (Å²) in [6, 6.07) is 19.6.